The van der Waals surface area contributed by atoms with Gasteiger partial charge in [-0.05, 0) is 49.2 Å². The summed E-state index contributed by atoms with van der Waals surface area (Å²) in [5.74, 6) is 1.62. The zero-order valence-electron chi connectivity index (χ0n) is 15.8. The second kappa shape index (κ2) is 10.5. The second-order valence-electron chi connectivity index (χ2n) is 5.71. The van der Waals surface area contributed by atoms with E-state index in [0.29, 0.717) is 36.3 Å². The predicted octanol–water partition coefficient (Wildman–Crippen LogP) is 4.26. The number of nitrogens with one attached hydrogen (secondary N) is 1. The number of hydrogen-bond donors (Lipinski definition) is 1. The Kier molecular flexibility index (Phi) is 8.01. The topological polar surface area (TPSA) is 56.8 Å². The average molecular weight is 390 g/mol. The molecule has 0 aromatic heterocycles. The number of carbonyl (C=O) groups excluding carboxylic acids is 1. The number of benzene rings is 2. The molecule has 0 fully saturated rings. The average Bonchev–Trinajstić information content (AvgIpc) is 2.66. The molecule has 2 aromatic carbocycles. The molecule has 0 aliphatic rings. The summed E-state index contributed by atoms with van der Waals surface area (Å²) in [5, 5.41) is 3.21. The summed E-state index contributed by atoms with van der Waals surface area (Å²) >= 11 is 6.22. The fraction of sp³-hybridized carbons (Fsp3) is 0.286. The van der Waals surface area contributed by atoms with Crippen LogP contribution in [0.4, 0.5) is 0 Å². The molecule has 0 saturated heterocycles. The standard InChI is InChI=1S/C21H24ClNO4/c1-4-26-21-17(22)13-16(14-19(21)25-3)9-10-20(24)23-11-12-27-18-8-6-5-7-15(18)2/h5-10,13-14H,4,11-12H2,1-3H3,(H,23,24)/b10-9+. The van der Waals surface area contributed by atoms with Gasteiger partial charge in [0.05, 0.1) is 25.3 Å². The van der Waals surface area contributed by atoms with Crippen molar-refractivity contribution in [2.24, 2.45) is 0 Å². The maximum atomic E-state index is 12.0. The van der Waals surface area contributed by atoms with E-state index in [4.69, 9.17) is 25.8 Å². The van der Waals surface area contributed by atoms with E-state index < -0.39 is 0 Å². The highest BCUT2D eigenvalue weighted by Gasteiger charge is 2.10. The van der Waals surface area contributed by atoms with Crippen LogP contribution in [0.15, 0.2) is 42.5 Å². The van der Waals surface area contributed by atoms with Crippen molar-refractivity contribution < 1.29 is 19.0 Å². The Labute approximate surface area is 164 Å². The van der Waals surface area contributed by atoms with Crippen molar-refractivity contribution in [3.05, 3.63) is 58.6 Å². The SMILES string of the molecule is CCOc1c(Cl)cc(/C=C/C(=O)NCCOc2ccccc2C)cc1OC. The van der Waals surface area contributed by atoms with Crippen LogP contribution in [0.1, 0.15) is 18.1 Å². The Bertz CT molecular complexity index is 805. The Hall–Kier alpha value is -2.66. The largest absolute Gasteiger partial charge is 0.493 e. The highest BCUT2D eigenvalue weighted by molar-refractivity contribution is 6.32. The molecule has 27 heavy (non-hydrogen) atoms. The summed E-state index contributed by atoms with van der Waals surface area (Å²) in [6, 6.07) is 11.2. The number of hydrogen-bond acceptors (Lipinski definition) is 4. The first-order valence-corrected chi connectivity index (χ1v) is 9.07. The quantitative estimate of drug-likeness (QED) is 0.514. The van der Waals surface area contributed by atoms with Crippen LogP contribution in [0.25, 0.3) is 6.08 Å². The molecule has 0 heterocycles. The molecule has 2 rings (SSSR count). The first-order valence-electron chi connectivity index (χ1n) is 8.69. The number of ether oxygens (including phenoxy) is 3. The highest BCUT2D eigenvalue weighted by Crippen LogP contribution is 2.36. The molecule has 0 bridgehead atoms. The van der Waals surface area contributed by atoms with Crippen molar-refractivity contribution in [2.75, 3.05) is 26.9 Å². The normalized spacial score (nSPS) is 10.7. The van der Waals surface area contributed by atoms with Gasteiger partial charge in [0.2, 0.25) is 5.91 Å². The van der Waals surface area contributed by atoms with E-state index in [0.717, 1.165) is 16.9 Å². The summed E-state index contributed by atoms with van der Waals surface area (Å²) in [6.07, 6.45) is 3.11. The van der Waals surface area contributed by atoms with Crippen LogP contribution in [0, 0.1) is 6.92 Å². The first-order chi connectivity index (χ1) is 13.0. The van der Waals surface area contributed by atoms with Gasteiger partial charge in [-0.2, -0.15) is 0 Å². The zero-order chi connectivity index (χ0) is 19.6. The maximum Gasteiger partial charge on any atom is 0.244 e. The molecule has 0 aliphatic heterocycles. The van der Waals surface area contributed by atoms with Crippen LogP contribution >= 0.6 is 11.6 Å². The third-order valence-electron chi connectivity index (χ3n) is 3.72. The molecule has 0 spiro atoms. The van der Waals surface area contributed by atoms with Crippen LogP contribution in [0.5, 0.6) is 17.2 Å². The third-order valence-corrected chi connectivity index (χ3v) is 4.00. The van der Waals surface area contributed by atoms with E-state index >= 15 is 0 Å². The van der Waals surface area contributed by atoms with Crippen molar-refractivity contribution in [1.29, 1.82) is 0 Å². The lowest BCUT2D eigenvalue weighted by atomic mass is 10.2. The second-order valence-corrected chi connectivity index (χ2v) is 6.11. The fourth-order valence-electron chi connectivity index (χ4n) is 2.40. The number of halogens is 1. The van der Waals surface area contributed by atoms with Crippen LogP contribution in [-0.2, 0) is 4.79 Å². The van der Waals surface area contributed by atoms with Crippen molar-refractivity contribution in [3.63, 3.8) is 0 Å². The highest BCUT2D eigenvalue weighted by atomic mass is 35.5. The lowest BCUT2D eigenvalue weighted by Crippen LogP contribution is -2.26. The third kappa shape index (κ3) is 6.22. The van der Waals surface area contributed by atoms with E-state index in [1.807, 2.05) is 38.1 Å². The number of para-hydroxylation sites is 1. The monoisotopic (exact) mass is 389 g/mol. The molecule has 0 aliphatic carbocycles. The van der Waals surface area contributed by atoms with E-state index in [2.05, 4.69) is 5.32 Å². The number of methoxy groups -OCH3 is 1. The molecule has 1 N–H and O–H groups in total. The van der Waals surface area contributed by atoms with Crippen molar-refractivity contribution in [3.8, 4) is 17.2 Å². The summed E-state index contributed by atoms with van der Waals surface area (Å²) in [7, 11) is 1.54. The maximum absolute atomic E-state index is 12.0. The Morgan fingerprint density at radius 1 is 1.19 bits per heavy atom. The van der Waals surface area contributed by atoms with Gasteiger partial charge >= 0.3 is 0 Å². The molecule has 5 nitrogen and oxygen atoms in total. The minimum atomic E-state index is -0.215. The van der Waals surface area contributed by atoms with Gasteiger partial charge in [0.1, 0.15) is 12.4 Å². The Morgan fingerprint density at radius 3 is 2.67 bits per heavy atom. The van der Waals surface area contributed by atoms with Gasteiger partial charge < -0.3 is 19.5 Å². The molecule has 144 valence electrons. The van der Waals surface area contributed by atoms with Gasteiger partial charge in [0.25, 0.3) is 0 Å². The minimum absolute atomic E-state index is 0.215. The first kappa shape index (κ1) is 20.6. The van der Waals surface area contributed by atoms with Crippen LogP contribution in [0.3, 0.4) is 0 Å². The van der Waals surface area contributed by atoms with Crippen molar-refractivity contribution in [2.45, 2.75) is 13.8 Å². The molecule has 6 heteroatoms. The van der Waals surface area contributed by atoms with Gasteiger partial charge in [0.15, 0.2) is 11.5 Å². The summed E-state index contributed by atoms with van der Waals surface area (Å²) < 4.78 is 16.4. The number of carbonyl (C=O) groups is 1. The molecular weight excluding hydrogens is 366 g/mol. The molecular formula is C21H24ClNO4. The van der Waals surface area contributed by atoms with Gasteiger partial charge in [-0.3, -0.25) is 4.79 Å². The smallest absolute Gasteiger partial charge is 0.244 e. The molecule has 0 radical (unpaired) electrons. The molecule has 0 atom stereocenters. The Morgan fingerprint density at radius 2 is 1.96 bits per heavy atom. The van der Waals surface area contributed by atoms with Crippen LogP contribution in [-0.4, -0.2) is 32.8 Å². The van der Waals surface area contributed by atoms with Gasteiger partial charge in [-0.15, -0.1) is 0 Å². The number of amides is 1. The van der Waals surface area contributed by atoms with Gasteiger partial charge in [-0.25, -0.2) is 0 Å². The summed E-state index contributed by atoms with van der Waals surface area (Å²) in [6.45, 7) is 5.14. The summed E-state index contributed by atoms with van der Waals surface area (Å²) in [5.41, 5.74) is 1.80. The van der Waals surface area contributed by atoms with E-state index in [-0.39, 0.29) is 5.91 Å². The lowest BCUT2D eigenvalue weighted by Gasteiger charge is -2.12. The number of aryl methyl sites for hydroxylation is 1. The van der Waals surface area contributed by atoms with E-state index in [1.54, 1.807) is 25.3 Å². The minimum Gasteiger partial charge on any atom is -0.493 e. The lowest BCUT2D eigenvalue weighted by molar-refractivity contribution is -0.116. The van der Waals surface area contributed by atoms with Crippen molar-refractivity contribution in [1.82, 2.24) is 5.32 Å². The molecule has 0 unspecified atom stereocenters. The Balaban J connectivity index is 1.87. The van der Waals surface area contributed by atoms with Gasteiger partial charge in [0, 0.05) is 6.08 Å². The van der Waals surface area contributed by atoms with Gasteiger partial charge in [-0.1, -0.05) is 29.8 Å². The van der Waals surface area contributed by atoms with E-state index in [9.17, 15) is 4.79 Å². The molecule has 1 amide bonds. The fourth-order valence-corrected chi connectivity index (χ4v) is 2.68. The summed E-state index contributed by atoms with van der Waals surface area (Å²) in [4.78, 5) is 12.0. The molecule has 0 saturated carbocycles. The van der Waals surface area contributed by atoms with Crippen LogP contribution in [0.2, 0.25) is 5.02 Å². The zero-order valence-corrected chi connectivity index (χ0v) is 16.5. The number of rotatable bonds is 9. The van der Waals surface area contributed by atoms with Crippen LogP contribution < -0.4 is 19.5 Å². The van der Waals surface area contributed by atoms with Crippen molar-refractivity contribution >= 4 is 23.6 Å². The molecule has 2 aromatic rings. The van der Waals surface area contributed by atoms with E-state index in [1.165, 1.54) is 6.08 Å². The predicted molar refractivity (Wildman–Crippen MR) is 108 cm³/mol.